The van der Waals surface area contributed by atoms with Crippen LogP contribution >= 0.6 is 0 Å². The number of anilines is 1. The van der Waals surface area contributed by atoms with Gasteiger partial charge in [0.05, 0.1) is 6.57 Å². The molecule has 14 heavy (non-hydrogen) atoms. The molecule has 1 amide bonds. The Labute approximate surface area is 81.3 Å². The van der Waals surface area contributed by atoms with Crippen LogP contribution < -0.4 is 5.32 Å². The van der Waals surface area contributed by atoms with Crippen LogP contribution in [0.2, 0.25) is 0 Å². The van der Waals surface area contributed by atoms with E-state index >= 15 is 0 Å². The van der Waals surface area contributed by atoms with E-state index in [2.05, 4.69) is 10.2 Å². The van der Waals surface area contributed by atoms with Crippen molar-refractivity contribution in [3.63, 3.8) is 0 Å². The third kappa shape index (κ3) is 1.29. The van der Waals surface area contributed by atoms with Gasteiger partial charge in [-0.1, -0.05) is 6.07 Å². The molecule has 4 heteroatoms. The minimum atomic E-state index is -0.444. The van der Waals surface area contributed by atoms with Crippen LogP contribution in [0.4, 0.5) is 16.2 Å². The zero-order chi connectivity index (χ0) is 10.1. The Kier molecular flexibility index (Phi) is 1.86. The minimum Gasteiger partial charge on any atom is -0.441 e. The molecule has 4 nitrogen and oxygen atoms in total. The Morgan fingerprint density at radius 1 is 1.57 bits per heavy atom. The number of ether oxygens (including phenoxy) is 1. The van der Waals surface area contributed by atoms with E-state index < -0.39 is 6.09 Å². The highest BCUT2D eigenvalue weighted by molar-refractivity contribution is 5.88. The average Bonchev–Trinajstić information content (AvgIpc) is 2.17. The van der Waals surface area contributed by atoms with Crippen molar-refractivity contribution in [1.82, 2.24) is 0 Å². The van der Waals surface area contributed by atoms with Gasteiger partial charge in [0.2, 0.25) is 0 Å². The summed E-state index contributed by atoms with van der Waals surface area (Å²) in [6.07, 6.45) is -0.735. The number of nitrogens with zero attached hydrogens (tertiary/aromatic N) is 1. The number of carbonyl (C=O) groups excluding carboxylic acids is 1. The van der Waals surface area contributed by atoms with Crippen LogP contribution in [-0.2, 0) is 4.74 Å². The normalized spacial score (nSPS) is 18.9. The van der Waals surface area contributed by atoms with E-state index in [1.165, 1.54) is 0 Å². The van der Waals surface area contributed by atoms with Gasteiger partial charge in [-0.15, -0.1) is 0 Å². The van der Waals surface area contributed by atoms with E-state index in [9.17, 15) is 4.79 Å². The van der Waals surface area contributed by atoms with Crippen molar-refractivity contribution in [2.24, 2.45) is 0 Å². The van der Waals surface area contributed by atoms with E-state index in [-0.39, 0.29) is 6.10 Å². The lowest BCUT2D eigenvalue weighted by atomic mass is 10.1. The number of hydrogen-bond donors (Lipinski definition) is 1. The lowest BCUT2D eigenvalue weighted by Crippen LogP contribution is -2.22. The quantitative estimate of drug-likeness (QED) is 0.636. The van der Waals surface area contributed by atoms with Crippen molar-refractivity contribution < 1.29 is 9.53 Å². The zero-order valence-electron chi connectivity index (χ0n) is 7.57. The molecule has 1 heterocycles. The first-order valence-electron chi connectivity index (χ1n) is 4.20. The van der Waals surface area contributed by atoms with E-state index in [1.54, 1.807) is 25.1 Å². The van der Waals surface area contributed by atoms with Crippen molar-refractivity contribution in [2.45, 2.75) is 13.0 Å². The molecule has 70 valence electrons. The maximum atomic E-state index is 11.0. The van der Waals surface area contributed by atoms with E-state index in [4.69, 9.17) is 11.3 Å². The third-order valence-electron chi connectivity index (χ3n) is 2.12. The second-order valence-corrected chi connectivity index (χ2v) is 3.06. The second-order valence-electron chi connectivity index (χ2n) is 3.06. The van der Waals surface area contributed by atoms with Crippen LogP contribution in [0.25, 0.3) is 4.85 Å². The van der Waals surface area contributed by atoms with Gasteiger partial charge in [0.15, 0.2) is 5.69 Å². The smallest absolute Gasteiger partial charge is 0.412 e. The van der Waals surface area contributed by atoms with Gasteiger partial charge in [0, 0.05) is 11.3 Å². The molecular weight excluding hydrogens is 180 g/mol. The van der Waals surface area contributed by atoms with Crippen molar-refractivity contribution in [1.29, 1.82) is 0 Å². The summed E-state index contributed by atoms with van der Waals surface area (Å²) in [6.45, 7) is 8.65. The number of carbonyl (C=O) groups is 1. The molecule has 1 N–H and O–H groups in total. The van der Waals surface area contributed by atoms with Gasteiger partial charge < -0.3 is 4.74 Å². The number of nitrogens with one attached hydrogen (secondary N) is 1. The molecule has 1 aromatic carbocycles. The van der Waals surface area contributed by atoms with Crippen molar-refractivity contribution in [3.8, 4) is 0 Å². The number of rotatable bonds is 0. The predicted octanol–water partition coefficient (Wildman–Crippen LogP) is 2.86. The summed E-state index contributed by atoms with van der Waals surface area (Å²) in [5, 5.41) is 2.58. The van der Waals surface area contributed by atoms with Gasteiger partial charge in [0.25, 0.3) is 0 Å². The maximum Gasteiger partial charge on any atom is 0.412 e. The number of amides is 1. The van der Waals surface area contributed by atoms with Crippen LogP contribution in [0.1, 0.15) is 18.6 Å². The Hall–Kier alpha value is -2.02. The Morgan fingerprint density at radius 2 is 2.36 bits per heavy atom. The largest absolute Gasteiger partial charge is 0.441 e. The summed E-state index contributed by atoms with van der Waals surface area (Å²) in [7, 11) is 0. The first-order chi connectivity index (χ1) is 6.70. The fourth-order valence-electron chi connectivity index (χ4n) is 1.43. The van der Waals surface area contributed by atoms with Gasteiger partial charge >= 0.3 is 6.09 Å². The highest BCUT2D eigenvalue weighted by Gasteiger charge is 2.22. The van der Waals surface area contributed by atoms with Crippen LogP contribution in [0.5, 0.6) is 0 Å². The lowest BCUT2D eigenvalue weighted by molar-refractivity contribution is 0.116. The summed E-state index contributed by atoms with van der Waals surface area (Å²) >= 11 is 0. The zero-order valence-corrected chi connectivity index (χ0v) is 7.57. The van der Waals surface area contributed by atoms with Gasteiger partial charge in [-0.2, -0.15) is 0 Å². The van der Waals surface area contributed by atoms with Crippen LogP contribution in [0.15, 0.2) is 18.2 Å². The monoisotopic (exact) mass is 188 g/mol. The second kappa shape index (κ2) is 3.04. The van der Waals surface area contributed by atoms with E-state index in [1.807, 2.05) is 0 Å². The molecule has 0 saturated carbocycles. The molecule has 0 aromatic heterocycles. The van der Waals surface area contributed by atoms with Gasteiger partial charge in [0.1, 0.15) is 6.10 Å². The number of benzene rings is 1. The summed E-state index contributed by atoms with van der Waals surface area (Å²) < 4.78 is 4.96. The Bertz CT molecular complexity index is 434. The first-order valence-corrected chi connectivity index (χ1v) is 4.20. The Balaban J connectivity index is 2.50. The van der Waals surface area contributed by atoms with Gasteiger partial charge in [-0.05, 0) is 19.1 Å². The molecular formula is C10H8N2O2. The summed E-state index contributed by atoms with van der Waals surface area (Å²) in [5.74, 6) is 0. The predicted molar refractivity (Wildman–Crippen MR) is 51.2 cm³/mol. The maximum absolute atomic E-state index is 11.0. The molecule has 0 radical (unpaired) electrons. The number of hydrogen-bond acceptors (Lipinski definition) is 2. The topological polar surface area (TPSA) is 42.7 Å². The summed E-state index contributed by atoms with van der Waals surface area (Å²) in [4.78, 5) is 14.3. The number of fused-ring (bicyclic) bond motifs is 1. The molecule has 0 aliphatic carbocycles. The van der Waals surface area contributed by atoms with Crippen LogP contribution in [0, 0.1) is 6.57 Å². The lowest BCUT2D eigenvalue weighted by Gasteiger charge is -2.23. The molecule has 1 aromatic rings. The molecule has 0 fully saturated rings. The van der Waals surface area contributed by atoms with Crippen LogP contribution in [-0.4, -0.2) is 6.09 Å². The molecule has 1 atom stereocenters. The highest BCUT2D eigenvalue weighted by atomic mass is 16.6. The molecule has 0 bridgehead atoms. The fourth-order valence-corrected chi connectivity index (χ4v) is 1.43. The van der Waals surface area contributed by atoms with Crippen LogP contribution in [0.3, 0.4) is 0 Å². The third-order valence-corrected chi connectivity index (χ3v) is 2.12. The molecule has 1 aliphatic rings. The highest BCUT2D eigenvalue weighted by Crippen LogP contribution is 2.33. The van der Waals surface area contributed by atoms with Gasteiger partial charge in [-0.3, -0.25) is 5.32 Å². The average molecular weight is 188 g/mol. The fraction of sp³-hybridized carbons (Fsp3) is 0.200. The van der Waals surface area contributed by atoms with Crippen molar-refractivity contribution in [2.75, 3.05) is 5.32 Å². The summed E-state index contributed by atoms with van der Waals surface area (Å²) in [6, 6.07) is 5.12. The van der Waals surface area contributed by atoms with Crippen molar-refractivity contribution >= 4 is 17.5 Å². The Morgan fingerprint density at radius 3 is 3.07 bits per heavy atom. The molecule has 1 aliphatic heterocycles. The van der Waals surface area contributed by atoms with E-state index in [0.29, 0.717) is 5.69 Å². The molecule has 2 rings (SSSR count). The van der Waals surface area contributed by atoms with Gasteiger partial charge in [-0.25, -0.2) is 9.64 Å². The first kappa shape index (κ1) is 8.57. The summed E-state index contributed by atoms with van der Waals surface area (Å²) in [5.41, 5.74) is 2.12. The molecule has 1 unspecified atom stereocenters. The molecule has 0 saturated heterocycles. The SMILES string of the molecule is [C-]#[N+]c1ccc2c(c1)C(C)OC(=O)N2. The van der Waals surface area contributed by atoms with E-state index in [0.717, 1.165) is 11.3 Å². The standard InChI is InChI=1S/C10H8N2O2/c1-6-8-5-7(11-2)3-4-9(8)12-10(13)14-6/h3-6H,1H3,(H,12,13). The van der Waals surface area contributed by atoms with Crippen molar-refractivity contribution in [3.05, 3.63) is 35.2 Å². The molecule has 0 spiro atoms. The number of cyclic esters (lactones) is 1. The minimum absolute atomic E-state index is 0.291.